The Labute approximate surface area is 84.7 Å². The number of thiophene rings is 1. The lowest BCUT2D eigenvalue weighted by Crippen LogP contribution is -1.80. The van der Waals surface area contributed by atoms with Crippen molar-refractivity contribution in [2.45, 2.75) is 13.8 Å². The van der Waals surface area contributed by atoms with Crippen molar-refractivity contribution in [2.75, 3.05) is 6.61 Å². The highest BCUT2D eigenvalue weighted by Gasteiger charge is 1.86. The zero-order valence-corrected chi connectivity index (χ0v) is 9.44. The number of hydrogen-bond acceptors (Lipinski definition) is 3. The van der Waals surface area contributed by atoms with Crippen LogP contribution in [-0.4, -0.2) is 13.1 Å². The van der Waals surface area contributed by atoms with E-state index in [1.165, 1.54) is 9.35 Å². The molecule has 0 radical (unpaired) electrons. The maximum absolute atomic E-state index is 9.18. The summed E-state index contributed by atoms with van der Waals surface area (Å²) in [6.07, 6.45) is 0. The van der Waals surface area contributed by atoms with Crippen LogP contribution >= 0.6 is 27.3 Å². The topological polar surface area (TPSA) is 26.3 Å². The molecular formula is C8H11BrO2S. The van der Waals surface area contributed by atoms with Crippen LogP contribution in [0.1, 0.15) is 12.5 Å². The Bertz CT molecular complexity index is 206. The fraction of sp³-hybridized carbons (Fsp3) is 0.375. The summed E-state index contributed by atoms with van der Waals surface area (Å²) in [5.74, 6) is 0. The summed E-state index contributed by atoms with van der Waals surface area (Å²) >= 11 is 5.07. The lowest BCUT2D eigenvalue weighted by atomic mass is 10.4. The van der Waals surface area contributed by atoms with Crippen LogP contribution in [0.15, 0.2) is 15.2 Å². The lowest BCUT2D eigenvalue weighted by Gasteiger charge is -1.79. The van der Waals surface area contributed by atoms with Gasteiger partial charge in [-0.05, 0) is 46.8 Å². The van der Waals surface area contributed by atoms with Gasteiger partial charge in [0, 0.05) is 0 Å². The minimum Gasteiger partial charge on any atom is -0.468 e. The first-order valence-corrected chi connectivity index (χ1v) is 5.13. The second-order valence-corrected chi connectivity index (χ2v) is 4.27. The van der Waals surface area contributed by atoms with Gasteiger partial charge in [0.2, 0.25) is 0 Å². The second kappa shape index (κ2) is 7.31. The zero-order chi connectivity index (χ0) is 9.40. The SMILES string of the molecule is CCOC=O.Cc1csc(Br)c1. The van der Waals surface area contributed by atoms with Gasteiger partial charge in [-0.2, -0.15) is 0 Å². The molecule has 0 saturated carbocycles. The van der Waals surface area contributed by atoms with Crippen molar-refractivity contribution >= 4 is 33.7 Å². The molecule has 1 heterocycles. The molecule has 0 aliphatic carbocycles. The Morgan fingerprint density at radius 3 is 2.50 bits per heavy atom. The average molecular weight is 251 g/mol. The van der Waals surface area contributed by atoms with Gasteiger partial charge in [0.05, 0.1) is 10.4 Å². The largest absolute Gasteiger partial charge is 0.468 e. The number of carbonyl (C=O) groups is 1. The van der Waals surface area contributed by atoms with Crippen molar-refractivity contribution in [3.63, 3.8) is 0 Å². The van der Waals surface area contributed by atoms with Crippen LogP contribution in [0.3, 0.4) is 0 Å². The molecule has 0 unspecified atom stereocenters. The molecule has 2 nitrogen and oxygen atoms in total. The molecular weight excluding hydrogens is 240 g/mol. The fourth-order valence-corrected chi connectivity index (χ4v) is 1.73. The Hall–Kier alpha value is -0.350. The van der Waals surface area contributed by atoms with E-state index in [9.17, 15) is 4.79 Å². The molecule has 1 aromatic heterocycles. The summed E-state index contributed by atoms with van der Waals surface area (Å²) in [5.41, 5.74) is 1.33. The minimum atomic E-state index is 0.431. The van der Waals surface area contributed by atoms with E-state index in [1.54, 1.807) is 18.3 Å². The smallest absolute Gasteiger partial charge is 0.293 e. The minimum absolute atomic E-state index is 0.431. The van der Waals surface area contributed by atoms with E-state index in [0.717, 1.165) is 0 Å². The van der Waals surface area contributed by atoms with Gasteiger partial charge >= 0.3 is 0 Å². The van der Waals surface area contributed by atoms with Gasteiger partial charge in [0.1, 0.15) is 0 Å². The van der Waals surface area contributed by atoms with Gasteiger partial charge in [-0.1, -0.05) is 0 Å². The second-order valence-electron chi connectivity index (χ2n) is 1.98. The molecule has 1 aromatic rings. The van der Waals surface area contributed by atoms with E-state index in [-0.39, 0.29) is 0 Å². The number of halogens is 1. The van der Waals surface area contributed by atoms with Gasteiger partial charge in [-0.15, -0.1) is 11.3 Å². The maximum atomic E-state index is 9.18. The predicted octanol–water partition coefficient (Wildman–Crippen LogP) is 3.00. The van der Waals surface area contributed by atoms with E-state index in [2.05, 4.69) is 39.0 Å². The van der Waals surface area contributed by atoms with Gasteiger partial charge in [-0.25, -0.2) is 0 Å². The number of rotatable bonds is 2. The van der Waals surface area contributed by atoms with Crippen LogP contribution in [0.25, 0.3) is 0 Å². The van der Waals surface area contributed by atoms with E-state index >= 15 is 0 Å². The number of carbonyl (C=O) groups excluding carboxylic acids is 1. The van der Waals surface area contributed by atoms with Crippen molar-refractivity contribution in [1.29, 1.82) is 0 Å². The van der Waals surface area contributed by atoms with E-state index in [4.69, 9.17) is 0 Å². The van der Waals surface area contributed by atoms with E-state index in [0.29, 0.717) is 13.1 Å². The molecule has 0 N–H and O–H groups in total. The fourth-order valence-electron chi connectivity index (χ4n) is 0.464. The summed E-state index contributed by atoms with van der Waals surface area (Å²) in [4.78, 5) is 9.18. The monoisotopic (exact) mass is 250 g/mol. The molecule has 4 heteroatoms. The Morgan fingerprint density at radius 1 is 1.75 bits per heavy atom. The van der Waals surface area contributed by atoms with Gasteiger partial charge in [-0.3, -0.25) is 4.79 Å². The summed E-state index contributed by atoms with van der Waals surface area (Å²) in [7, 11) is 0. The molecule has 0 amide bonds. The van der Waals surface area contributed by atoms with E-state index in [1.807, 2.05) is 0 Å². The molecule has 0 saturated heterocycles. The summed E-state index contributed by atoms with van der Waals surface area (Å²) in [5, 5.41) is 2.12. The Kier molecular flexibility index (Phi) is 7.09. The molecule has 68 valence electrons. The maximum Gasteiger partial charge on any atom is 0.293 e. The average Bonchev–Trinajstić information content (AvgIpc) is 2.38. The van der Waals surface area contributed by atoms with Crippen molar-refractivity contribution in [3.05, 3.63) is 20.8 Å². The third kappa shape index (κ3) is 6.37. The first kappa shape index (κ1) is 11.6. The molecule has 0 bridgehead atoms. The number of hydrogen-bond donors (Lipinski definition) is 0. The van der Waals surface area contributed by atoms with Crippen LogP contribution in [-0.2, 0) is 9.53 Å². The third-order valence-electron chi connectivity index (χ3n) is 0.933. The van der Waals surface area contributed by atoms with Crippen LogP contribution in [0, 0.1) is 6.92 Å². The van der Waals surface area contributed by atoms with Crippen molar-refractivity contribution in [1.82, 2.24) is 0 Å². The van der Waals surface area contributed by atoms with Crippen molar-refractivity contribution in [3.8, 4) is 0 Å². The molecule has 0 aliphatic heterocycles. The third-order valence-corrected chi connectivity index (χ3v) is 2.56. The van der Waals surface area contributed by atoms with Crippen LogP contribution in [0.5, 0.6) is 0 Å². The molecule has 0 atom stereocenters. The summed E-state index contributed by atoms with van der Waals surface area (Å²) in [6.45, 7) is 4.75. The van der Waals surface area contributed by atoms with Crippen molar-refractivity contribution < 1.29 is 9.53 Å². The summed E-state index contributed by atoms with van der Waals surface area (Å²) in [6, 6.07) is 2.10. The first-order chi connectivity index (χ1) is 5.70. The molecule has 0 aliphatic rings. The standard InChI is InChI=1S/C5H5BrS.C3H6O2/c1-4-2-5(6)7-3-4;1-2-5-3-4/h2-3H,1H3;3H,2H2,1H3. The van der Waals surface area contributed by atoms with E-state index < -0.39 is 0 Å². The normalized spacial score (nSPS) is 8.25. The highest BCUT2D eigenvalue weighted by Crippen LogP contribution is 2.19. The first-order valence-electron chi connectivity index (χ1n) is 3.46. The lowest BCUT2D eigenvalue weighted by molar-refractivity contribution is -0.128. The molecule has 0 fully saturated rings. The molecule has 0 aromatic carbocycles. The Balaban J connectivity index is 0.000000217. The van der Waals surface area contributed by atoms with Crippen LogP contribution < -0.4 is 0 Å². The van der Waals surface area contributed by atoms with Gasteiger partial charge < -0.3 is 4.74 Å². The quantitative estimate of drug-likeness (QED) is 0.755. The van der Waals surface area contributed by atoms with Gasteiger partial charge in [0.25, 0.3) is 6.47 Å². The highest BCUT2D eigenvalue weighted by molar-refractivity contribution is 9.11. The van der Waals surface area contributed by atoms with Crippen molar-refractivity contribution in [2.24, 2.45) is 0 Å². The van der Waals surface area contributed by atoms with Crippen LogP contribution in [0.2, 0.25) is 0 Å². The predicted molar refractivity (Wildman–Crippen MR) is 54.4 cm³/mol. The number of aryl methyl sites for hydroxylation is 1. The van der Waals surface area contributed by atoms with Crippen LogP contribution in [0.4, 0.5) is 0 Å². The highest BCUT2D eigenvalue weighted by atomic mass is 79.9. The summed E-state index contributed by atoms with van der Waals surface area (Å²) < 4.78 is 5.37. The number of ether oxygens (including phenoxy) is 1. The Morgan fingerprint density at radius 2 is 2.42 bits per heavy atom. The molecule has 12 heavy (non-hydrogen) atoms. The zero-order valence-electron chi connectivity index (χ0n) is 7.04. The molecule has 1 rings (SSSR count). The molecule has 0 spiro atoms. The van der Waals surface area contributed by atoms with Gasteiger partial charge in [0.15, 0.2) is 0 Å².